The molecule has 1 aliphatic heterocycles. The number of morpholine rings is 1. The molecule has 14 heavy (non-hydrogen) atoms. The summed E-state index contributed by atoms with van der Waals surface area (Å²) >= 11 is 0. The lowest BCUT2D eigenvalue weighted by Gasteiger charge is -2.30. The van der Waals surface area contributed by atoms with Gasteiger partial charge in [-0.15, -0.1) is 0 Å². The minimum absolute atomic E-state index is 0.260. The maximum atomic E-state index is 8.49. The lowest BCUT2D eigenvalue weighted by Crippen LogP contribution is -2.46. The van der Waals surface area contributed by atoms with Crippen LogP contribution in [0.15, 0.2) is 0 Å². The largest absolute Gasteiger partial charge is 0.374 e. The van der Waals surface area contributed by atoms with E-state index in [0.717, 1.165) is 26.2 Å². The van der Waals surface area contributed by atoms with E-state index >= 15 is 0 Å². The molecule has 80 valence electrons. The molecule has 1 fully saturated rings. The van der Waals surface area contributed by atoms with E-state index in [1.807, 2.05) is 6.92 Å². The van der Waals surface area contributed by atoms with E-state index in [9.17, 15) is 0 Å². The van der Waals surface area contributed by atoms with E-state index in [1.165, 1.54) is 0 Å². The van der Waals surface area contributed by atoms with E-state index in [1.54, 1.807) is 0 Å². The molecule has 0 aliphatic carbocycles. The average Bonchev–Trinajstić information content (AvgIpc) is 2.15. The van der Waals surface area contributed by atoms with Gasteiger partial charge in [-0.2, -0.15) is 5.26 Å². The Morgan fingerprint density at radius 1 is 1.71 bits per heavy atom. The fourth-order valence-corrected chi connectivity index (χ4v) is 1.53. The number of hydrogen-bond acceptors (Lipinski definition) is 4. The second kappa shape index (κ2) is 5.97. The number of hydrogen-bond donors (Lipinski definition) is 1. The Hall–Kier alpha value is -0.630. The highest BCUT2D eigenvalue weighted by atomic mass is 16.5. The Bertz CT molecular complexity index is 202. The van der Waals surface area contributed by atoms with Crippen molar-refractivity contribution in [3.05, 3.63) is 0 Å². The van der Waals surface area contributed by atoms with Gasteiger partial charge in [-0.3, -0.25) is 0 Å². The van der Waals surface area contributed by atoms with Gasteiger partial charge in [0.25, 0.3) is 0 Å². The van der Waals surface area contributed by atoms with Gasteiger partial charge in [-0.1, -0.05) is 0 Å². The molecule has 0 amide bonds. The first kappa shape index (κ1) is 11.4. The summed E-state index contributed by atoms with van der Waals surface area (Å²) < 4.78 is 5.59. The summed E-state index contributed by atoms with van der Waals surface area (Å²) in [5, 5.41) is 11.8. The summed E-state index contributed by atoms with van der Waals surface area (Å²) in [6.45, 7) is 5.68. The quantitative estimate of drug-likeness (QED) is 0.700. The predicted octanol–water partition coefficient (Wildman–Crippen LogP) is 0.209. The fourth-order valence-electron chi connectivity index (χ4n) is 1.53. The standard InChI is InChI=1S/C10H19N3O/c1-9(3-4-11)12-7-10-8-13(2)5-6-14-10/h9-10,12H,3,5-8H2,1-2H3. The van der Waals surface area contributed by atoms with Crippen molar-refractivity contribution in [3.8, 4) is 6.07 Å². The molecule has 1 aliphatic rings. The molecule has 1 rings (SSSR count). The van der Waals surface area contributed by atoms with Crippen LogP contribution >= 0.6 is 0 Å². The van der Waals surface area contributed by atoms with Crippen LogP contribution in [0.5, 0.6) is 0 Å². The third-order valence-corrected chi connectivity index (χ3v) is 2.43. The highest BCUT2D eigenvalue weighted by Gasteiger charge is 2.17. The Kier molecular flexibility index (Phi) is 4.88. The van der Waals surface area contributed by atoms with Crippen molar-refractivity contribution in [2.75, 3.05) is 33.3 Å². The molecule has 0 aromatic carbocycles. The Morgan fingerprint density at radius 2 is 2.50 bits per heavy atom. The number of likely N-dealkylation sites (N-methyl/N-ethyl adjacent to an activating group) is 1. The van der Waals surface area contributed by atoms with Crippen molar-refractivity contribution in [2.24, 2.45) is 0 Å². The van der Waals surface area contributed by atoms with Gasteiger partial charge in [0.2, 0.25) is 0 Å². The number of nitriles is 1. The number of nitrogens with zero attached hydrogens (tertiary/aromatic N) is 2. The molecule has 0 bridgehead atoms. The van der Waals surface area contributed by atoms with Gasteiger partial charge in [0.15, 0.2) is 0 Å². The van der Waals surface area contributed by atoms with E-state index in [2.05, 4.69) is 23.3 Å². The van der Waals surface area contributed by atoms with E-state index in [4.69, 9.17) is 10.00 Å². The van der Waals surface area contributed by atoms with Crippen molar-refractivity contribution in [2.45, 2.75) is 25.5 Å². The Morgan fingerprint density at radius 3 is 3.14 bits per heavy atom. The van der Waals surface area contributed by atoms with Crippen LogP contribution in [0.4, 0.5) is 0 Å². The van der Waals surface area contributed by atoms with E-state index in [-0.39, 0.29) is 12.1 Å². The molecule has 1 N–H and O–H groups in total. The minimum atomic E-state index is 0.260. The average molecular weight is 197 g/mol. The highest BCUT2D eigenvalue weighted by molar-refractivity contribution is 4.79. The molecule has 0 saturated carbocycles. The third-order valence-electron chi connectivity index (χ3n) is 2.43. The van der Waals surface area contributed by atoms with Crippen LogP contribution in [-0.4, -0.2) is 50.3 Å². The second-order valence-corrected chi connectivity index (χ2v) is 3.93. The van der Waals surface area contributed by atoms with Crippen LogP contribution in [0.3, 0.4) is 0 Å². The van der Waals surface area contributed by atoms with Crippen LogP contribution in [0.25, 0.3) is 0 Å². The summed E-state index contributed by atoms with van der Waals surface area (Å²) in [6.07, 6.45) is 0.831. The smallest absolute Gasteiger partial charge is 0.0826 e. The van der Waals surface area contributed by atoms with Gasteiger partial charge in [-0.05, 0) is 14.0 Å². The monoisotopic (exact) mass is 197 g/mol. The van der Waals surface area contributed by atoms with E-state index < -0.39 is 0 Å². The normalized spacial score (nSPS) is 25.6. The first-order chi connectivity index (χ1) is 6.72. The Labute approximate surface area is 85.8 Å². The number of rotatable bonds is 4. The topological polar surface area (TPSA) is 48.3 Å². The van der Waals surface area contributed by atoms with Crippen molar-refractivity contribution >= 4 is 0 Å². The number of ether oxygens (including phenoxy) is 1. The molecular formula is C10H19N3O. The number of nitrogens with one attached hydrogen (secondary N) is 1. The molecule has 4 nitrogen and oxygen atoms in total. The first-order valence-electron chi connectivity index (χ1n) is 5.13. The molecule has 4 heteroatoms. The van der Waals surface area contributed by atoms with Crippen molar-refractivity contribution < 1.29 is 4.74 Å². The lowest BCUT2D eigenvalue weighted by atomic mass is 10.2. The zero-order valence-electron chi connectivity index (χ0n) is 8.99. The Balaban J connectivity index is 2.14. The van der Waals surface area contributed by atoms with Gasteiger partial charge < -0.3 is 15.0 Å². The predicted molar refractivity (Wildman–Crippen MR) is 54.9 cm³/mol. The minimum Gasteiger partial charge on any atom is -0.374 e. The summed E-state index contributed by atoms with van der Waals surface area (Å²) in [4.78, 5) is 2.27. The molecule has 2 unspecified atom stereocenters. The van der Waals surface area contributed by atoms with Crippen LogP contribution in [0.1, 0.15) is 13.3 Å². The molecule has 0 radical (unpaired) electrons. The maximum Gasteiger partial charge on any atom is 0.0826 e. The molecule has 0 aromatic rings. The van der Waals surface area contributed by atoms with Gasteiger partial charge in [0.05, 0.1) is 25.2 Å². The molecular weight excluding hydrogens is 178 g/mol. The SMILES string of the molecule is CC(CC#N)NCC1CN(C)CCO1. The summed E-state index contributed by atoms with van der Waals surface area (Å²) in [5.74, 6) is 0. The zero-order chi connectivity index (χ0) is 10.4. The van der Waals surface area contributed by atoms with Gasteiger partial charge in [0, 0.05) is 25.7 Å². The molecule has 0 spiro atoms. The van der Waals surface area contributed by atoms with Crippen LogP contribution in [0, 0.1) is 11.3 Å². The molecule has 1 saturated heterocycles. The van der Waals surface area contributed by atoms with Crippen LogP contribution in [-0.2, 0) is 4.74 Å². The lowest BCUT2D eigenvalue weighted by molar-refractivity contribution is -0.0190. The van der Waals surface area contributed by atoms with E-state index in [0.29, 0.717) is 6.42 Å². The van der Waals surface area contributed by atoms with Gasteiger partial charge in [0.1, 0.15) is 0 Å². The zero-order valence-corrected chi connectivity index (χ0v) is 8.99. The van der Waals surface area contributed by atoms with Crippen LogP contribution in [0.2, 0.25) is 0 Å². The maximum absolute atomic E-state index is 8.49. The summed E-state index contributed by atoms with van der Waals surface area (Å²) in [7, 11) is 2.11. The first-order valence-corrected chi connectivity index (χ1v) is 5.13. The van der Waals surface area contributed by atoms with Crippen LogP contribution < -0.4 is 5.32 Å². The molecule has 2 atom stereocenters. The van der Waals surface area contributed by atoms with Crippen molar-refractivity contribution in [1.82, 2.24) is 10.2 Å². The van der Waals surface area contributed by atoms with Gasteiger partial charge >= 0.3 is 0 Å². The fraction of sp³-hybridized carbons (Fsp3) is 0.900. The van der Waals surface area contributed by atoms with Crippen molar-refractivity contribution in [1.29, 1.82) is 5.26 Å². The van der Waals surface area contributed by atoms with Gasteiger partial charge in [-0.25, -0.2) is 0 Å². The molecule has 1 heterocycles. The summed E-state index contributed by atoms with van der Waals surface area (Å²) in [6, 6.07) is 2.41. The highest BCUT2D eigenvalue weighted by Crippen LogP contribution is 2.02. The van der Waals surface area contributed by atoms with Crippen molar-refractivity contribution in [3.63, 3.8) is 0 Å². The summed E-state index contributed by atoms with van der Waals surface area (Å²) in [5.41, 5.74) is 0. The molecule has 0 aromatic heterocycles. The second-order valence-electron chi connectivity index (χ2n) is 3.93. The third kappa shape index (κ3) is 4.05.